The molecule has 8 nitrogen and oxygen atoms in total. The van der Waals surface area contributed by atoms with E-state index in [-0.39, 0.29) is 23.6 Å². The first-order chi connectivity index (χ1) is 15.0. The second kappa shape index (κ2) is 8.97. The van der Waals surface area contributed by atoms with Gasteiger partial charge in [0.05, 0.1) is 5.69 Å². The normalized spacial score (nSPS) is 10.8. The van der Waals surface area contributed by atoms with Crippen molar-refractivity contribution in [3.8, 4) is 16.3 Å². The summed E-state index contributed by atoms with van der Waals surface area (Å²) in [5.41, 5.74) is 2.08. The number of aryl methyl sites for hydroxylation is 2. The molecule has 0 unspecified atom stereocenters. The zero-order chi connectivity index (χ0) is 21.8. The molecule has 31 heavy (non-hydrogen) atoms. The van der Waals surface area contributed by atoms with Gasteiger partial charge in [-0.25, -0.2) is 4.98 Å². The van der Waals surface area contributed by atoms with Gasteiger partial charge in [0.25, 0.3) is 11.5 Å². The Morgan fingerprint density at radius 3 is 2.77 bits per heavy atom. The van der Waals surface area contributed by atoms with Gasteiger partial charge in [0.2, 0.25) is 0 Å². The van der Waals surface area contributed by atoms with Crippen LogP contribution in [0.2, 0.25) is 0 Å². The largest absolute Gasteiger partial charge is 0.486 e. The van der Waals surface area contributed by atoms with Crippen LogP contribution in [0.4, 0.5) is 0 Å². The van der Waals surface area contributed by atoms with Gasteiger partial charge in [0.15, 0.2) is 0 Å². The van der Waals surface area contributed by atoms with E-state index in [0.717, 1.165) is 16.9 Å². The predicted octanol–water partition coefficient (Wildman–Crippen LogP) is 3.61. The van der Waals surface area contributed by atoms with Crippen molar-refractivity contribution < 1.29 is 14.1 Å². The number of thiazole rings is 1. The first-order valence-corrected chi connectivity index (χ1v) is 10.4. The molecule has 2 N–H and O–H groups in total. The Morgan fingerprint density at radius 1 is 1.23 bits per heavy atom. The Morgan fingerprint density at radius 2 is 2.03 bits per heavy atom. The Hall–Kier alpha value is -3.72. The van der Waals surface area contributed by atoms with Gasteiger partial charge in [0, 0.05) is 18.8 Å². The number of aromatic amines is 1. The number of amides is 1. The fourth-order valence-corrected chi connectivity index (χ4v) is 4.02. The van der Waals surface area contributed by atoms with Crippen molar-refractivity contribution in [1.29, 1.82) is 0 Å². The maximum absolute atomic E-state index is 12.7. The average molecular weight is 436 g/mol. The molecule has 0 aliphatic heterocycles. The fraction of sp³-hybridized carbons (Fsp3) is 0.182. The number of benzene rings is 1. The molecule has 4 aromatic rings. The van der Waals surface area contributed by atoms with Crippen molar-refractivity contribution >= 4 is 17.2 Å². The lowest BCUT2D eigenvalue weighted by molar-refractivity contribution is 0.0954. The van der Waals surface area contributed by atoms with Crippen LogP contribution in [0, 0.1) is 13.8 Å². The van der Waals surface area contributed by atoms with E-state index < -0.39 is 0 Å². The zero-order valence-corrected chi connectivity index (χ0v) is 17.8. The highest BCUT2D eigenvalue weighted by Crippen LogP contribution is 2.32. The summed E-state index contributed by atoms with van der Waals surface area (Å²) in [6, 6.07) is 13.0. The van der Waals surface area contributed by atoms with E-state index in [9.17, 15) is 9.59 Å². The van der Waals surface area contributed by atoms with E-state index >= 15 is 0 Å². The molecule has 9 heteroatoms. The number of aromatic nitrogens is 3. The van der Waals surface area contributed by atoms with Crippen molar-refractivity contribution in [2.24, 2.45) is 0 Å². The minimum Gasteiger partial charge on any atom is -0.486 e. The predicted molar refractivity (Wildman–Crippen MR) is 116 cm³/mol. The van der Waals surface area contributed by atoms with Gasteiger partial charge in [0.1, 0.15) is 39.3 Å². The molecule has 0 saturated heterocycles. The van der Waals surface area contributed by atoms with Crippen LogP contribution in [-0.4, -0.2) is 21.0 Å². The number of nitrogens with zero attached hydrogens (tertiary/aromatic N) is 2. The van der Waals surface area contributed by atoms with Crippen LogP contribution in [0.15, 0.2) is 58.0 Å². The molecular formula is C22H20N4O4S. The number of carbonyl (C=O) groups is 1. The highest BCUT2D eigenvalue weighted by atomic mass is 32.1. The average Bonchev–Trinajstić information content (AvgIpc) is 3.36. The number of carbonyl (C=O) groups excluding carboxylic acids is 1. The Balaban J connectivity index is 1.56. The van der Waals surface area contributed by atoms with Gasteiger partial charge >= 0.3 is 0 Å². The second-order valence-corrected chi connectivity index (χ2v) is 7.86. The third-order valence-electron chi connectivity index (χ3n) is 4.49. The third-order valence-corrected chi connectivity index (χ3v) is 5.66. The fourth-order valence-electron chi connectivity index (χ4n) is 2.99. The summed E-state index contributed by atoms with van der Waals surface area (Å²) < 4.78 is 10.8. The van der Waals surface area contributed by atoms with Gasteiger partial charge < -0.3 is 19.6 Å². The standard InChI is InChI=1S/C22H20N4O4S/c1-13-10-16(26-30-13)12-29-17-8-9-23-20(27)18(17)22-25-14(2)19(31-22)21(28)24-11-15-6-4-3-5-7-15/h3-10H,11-12H2,1-2H3,(H,23,27)(H,24,28). The molecule has 4 rings (SSSR count). The second-order valence-electron chi connectivity index (χ2n) is 6.87. The van der Waals surface area contributed by atoms with Crippen LogP contribution in [0.25, 0.3) is 10.6 Å². The molecule has 158 valence electrons. The number of hydrogen-bond donors (Lipinski definition) is 2. The quantitative estimate of drug-likeness (QED) is 0.458. The van der Waals surface area contributed by atoms with E-state index in [0.29, 0.717) is 39.3 Å². The molecule has 1 aromatic carbocycles. The summed E-state index contributed by atoms with van der Waals surface area (Å²) in [4.78, 5) is 32.8. The van der Waals surface area contributed by atoms with Crippen molar-refractivity contribution in [3.63, 3.8) is 0 Å². The maximum Gasteiger partial charge on any atom is 0.263 e. The Bertz CT molecular complexity index is 1260. The molecule has 3 heterocycles. The van der Waals surface area contributed by atoms with Crippen molar-refractivity contribution in [2.45, 2.75) is 27.0 Å². The number of H-pyrrole nitrogens is 1. The molecular weight excluding hydrogens is 416 g/mol. The Labute approximate surface area is 181 Å². The summed E-state index contributed by atoms with van der Waals surface area (Å²) in [6.45, 7) is 4.08. The minimum atomic E-state index is -0.348. The van der Waals surface area contributed by atoms with Gasteiger partial charge in [-0.05, 0) is 25.5 Å². The van der Waals surface area contributed by atoms with Gasteiger partial charge in [-0.1, -0.05) is 35.5 Å². The van der Waals surface area contributed by atoms with Gasteiger partial charge in [-0.2, -0.15) is 0 Å². The summed E-state index contributed by atoms with van der Waals surface area (Å²) in [6.07, 6.45) is 1.50. The SMILES string of the molecule is Cc1cc(COc2cc[nH]c(=O)c2-c2nc(C)c(C(=O)NCc3ccccc3)s2)no1. The first kappa shape index (κ1) is 20.5. The molecule has 0 fully saturated rings. The smallest absolute Gasteiger partial charge is 0.263 e. The molecule has 3 aromatic heterocycles. The first-order valence-electron chi connectivity index (χ1n) is 9.58. The van der Waals surface area contributed by atoms with E-state index in [4.69, 9.17) is 9.26 Å². The van der Waals surface area contributed by atoms with E-state index in [2.05, 4.69) is 20.4 Å². The summed E-state index contributed by atoms with van der Waals surface area (Å²) >= 11 is 1.15. The molecule has 0 atom stereocenters. The van der Waals surface area contributed by atoms with Crippen molar-refractivity contribution in [3.05, 3.63) is 86.6 Å². The third kappa shape index (κ3) is 4.72. The number of ether oxygens (including phenoxy) is 1. The van der Waals surface area contributed by atoms with E-state index in [1.807, 2.05) is 30.3 Å². The highest BCUT2D eigenvalue weighted by Gasteiger charge is 2.21. The van der Waals surface area contributed by atoms with Crippen LogP contribution in [0.5, 0.6) is 5.75 Å². The summed E-state index contributed by atoms with van der Waals surface area (Å²) in [7, 11) is 0. The molecule has 0 radical (unpaired) electrons. The topological polar surface area (TPSA) is 110 Å². The van der Waals surface area contributed by atoms with Crippen LogP contribution in [0.1, 0.15) is 32.4 Å². The van der Waals surface area contributed by atoms with Crippen molar-refractivity contribution in [1.82, 2.24) is 20.4 Å². The maximum atomic E-state index is 12.7. The van der Waals surface area contributed by atoms with Crippen molar-refractivity contribution in [2.75, 3.05) is 0 Å². The molecule has 0 aliphatic rings. The lowest BCUT2D eigenvalue weighted by atomic mass is 10.2. The Kier molecular flexibility index (Phi) is 5.94. The monoisotopic (exact) mass is 436 g/mol. The van der Waals surface area contributed by atoms with Crippen LogP contribution >= 0.6 is 11.3 Å². The summed E-state index contributed by atoms with van der Waals surface area (Å²) in [5, 5.41) is 7.20. The molecule has 0 bridgehead atoms. The van der Waals surface area contributed by atoms with Gasteiger partial charge in [-0.3, -0.25) is 9.59 Å². The van der Waals surface area contributed by atoms with Crippen LogP contribution < -0.4 is 15.6 Å². The molecule has 1 amide bonds. The molecule has 0 spiro atoms. The number of nitrogens with one attached hydrogen (secondary N) is 2. The van der Waals surface area contributed by atoms with E-state index in [1.54, 1.807) is 26.0 Å². The van der Waals surface area contributed by atoms with Crippen LogP contribution in [-0.2, 0) is 13.2 Å². The molecule has 0 aliphatic carbocycles. The number of rotatable bonds is 7. The highest BCUT2D eigenvalue weighted by molar-refractivity contribution is 7.17. The lowest BCUT2D eigenvalue weighted by Crippen LogP contribution is -2.22. The van der Waals surface area contributed by atoms with Gasteiger partial charge in [-0.15, -0.1) is 11.3 Å². The lowest BCUT2D eigenvalue weighted by Gasteiger charge is -2.07. The number of hydrogen-bond acceptors (Lipinski definition) is 7. The summed E-state index contributed by atoms with van der Waals surface area (Å²) in [5.74, 6) is 0.791. The molecule has 0 saturated carbocycles. The zero-order valence-electron chi connectivity index (χ0n) is 17.0. The number of pyridine rings is 1. The van der Waals surface area contributed by atoms with E-state index in [1.165, 1.54) is 6.20 Å². The minimum absolute atomic E-state index is 0.141. The van der Waals surface area contributed by atoms with Crippen LogP contribution in [0.3, 0.4) is 0 Å².